The molecular formula is C17H33NO4. The van der Waals surface area contributed by atoms with Gasteiger partial charge in [0.15, 0.2) is 0 Å². The van der Waals surface area contributed by atoms with E-state index < -0.39 is 5.97 Å². The number of isocyanates is 1. The number of unbranched alkanes of at least 4 members (excludes halogenated alkanes) is 6. The molecule has 5 heteroatoms. The van der Waals surface area contributed by atoms with Crippen LogP contribution in [0.2, 0.25) is 0 Å². The monoisotopic (exact) mass is 315 g/mol. The molecule has 22 heavy (non-hydrogen) atoms. The predicted molar refractivity (Wildman–Crippen MR) is 87.5 cm³/mol. The van der Waals surface area contributed by atoms with Crippen LogP contribution >= 0.6 is 0 Å². The van der Waals surface area contributed by atoms with Crippen molar-refractivity contribution in [2.45, 2.75) is 83.1 Å². The topological polar surface area (TPSA) is 57.1 Å². The standard InChI is InChI=1S/C17H33NO4/c1-5-16(18-15-19)13-11-9-7-6-8-10-12-14-17(20-2,21-3)22-4/h16H,5-14H2,1-4H3. The number of carbonyl (C=O) groups excluding carboxylic acids is 1. The summed E-state index contributed by atoms with van der Waals surface area (Å²) in [6.07, 6.45) is 12.6. The van der Waals surface area contributed by atoms with Gasteiger partial charge in [-0.25, -0.2) is 9.79 Å². The average Bonchev–Trinajstić information content (AvgIpc) is 2.56. The van der Waals surface area contributed by atoms with Crippen LogP contribution in [-0.2, 0) is 19.0 Å². The van der Waals surface area contributed by atoms with Gasteiger partial charge in [-0.1, -0.05) is 45.4 Å². The van der Waals surface area contributed by atoms with Gasteiger partial charge in [-0.2, -0.15) is 0 Å². The minimum absolute atomic E-state index is 0.169. The van der Waals surface area contributed by atoms with Crippen LogP contribution < -0.4 is 0 Å². The maximum absolute atomic E-state index is 10.2. The minimum atomic E-state index is -0.881. The lowest BCUT2D eigenvalue weighted by molar-refractivity contribution is -0.355. The van der Waals surface area contributed by atoms with Gasteiger partial charge in [-0.05, 0) is 19.3 Å². The van der Waals surface area contributed by atoms with Gasteiger partial charge in [0.25, 0.3) is 5.97 Å². The first-order chi connectivity index (χ1) is 10.7. The SMILES string of the molecule is CCC(CCCCCCCCCC(OC)(OC)OC)N=C=O. The van der Waals surface area contributed by atoms with Crippen molar-refractivity contribution in [3.05, 3.63) is 0 Å². The summed E-state index contributed by atoms with van der Waals surface area (Å²) in [4.78, 5) is 14.0. The second-order valence-electron chi connectivity index (χ2n) is 5.59. The first kappa shape index (κ1) is 21.3. The van der Waals surface area contributed by atoms with E-state index in [2.05, 4.69) is 11.9 Å². The summed E-state index contributed by atoms with van der Waals surface area (Å²) in [7, 11) is 4.81. The number of aliphatic imine (C=N–C) groups is 1. The average molecular weight is 315 g/mol. The molecule has 1 unspecified atom stereocenters. The van der Waals surface area contributed by atoms with Crippen molar-refractivity contribution in [2.75, 3.05) is 21.3 Å². The van der Waals surface area contributed by atoms with Gasteiger partial charge in [0, 0.05) is 27.8 Å². The molecule has 0 fully saturated rings. The maximum atomic E-state index is 10.2. The normalized spacial score (nSPS) is 12.9. The second kappa shape index (κ2) is 13.9. The molecule has 0 bridgehead atoms. The zero-order valence-corrected chi connectivity index (χ0v) is 14.7. The van der Waals surface area contributed by atoms with E-state index in [0.717, 1.165) is 38.5 Å². The lowest BCUT2D eigenvalue weighted by Crippen LogP contribution is -2.35. The third-order valence-electron chi connectivity index (χ3n) is 4.16. The highest BCUT2D eigenvalue weighted by atomic mass is 16.9. The molecule has 0 N–H and O–H groups in total. The van der Waals surface area contributed by atoms with E-state index in [1.165, 1.54) is 25.7 Å². The Bertz CT molecular complexity index is 291. The summed E-state index contributed by atoms with van der Waals surface area (Å²) in [6, 6.07) is 0.169. The zero-order valence-electron chi connectivity index (χ0n) is 14.7. The first-order valence-electron chi connectivity index (χ1n) is 8.40. The van der Waals surface area contributed by atoms with Gasteiger partial charge in [-0.15, -0.1) is 0 Å². The van der Waals surface area contributed by atoms with Crippen LogP contribution in [-0.4, -0.2) is 39.4 Å². The fraction of sp³-hybridized carbons (Fsp3) is 0.941. The fourth-order valence-corrected chi connectivity index (χ4v) is 2.60. The van der Waals surface area contributed by atoms with E-state index in [9.17, 15) is 4.79 Å². The molecule has 0 aliphatic heterocycles. The van der Waals surface area contributed by atoms with Crippen LogP contribution in [0.1, 0.15) is 71.1 Å². The highest BCUT2D eigenvalue weighted by molar-refractivity contribution is 5.33. The van der Waals surface area contributed by atoms with E-state index in [-0.39, 0.29) is 6.04 Å². The highest BCUT2D eigenvalue weighted by Gasteiger charge is 2.28. The van der Waals surface area contributed by atoms with Gasteiger partial charge in [0.1, 0.15) is 0 Å². The molecule has 1 atom stereocenters. The van der Waals surface area contributed by atoms with E-state index in [1.807, 2.05) is 0 Å². The molecule has 0 aromatic carbocycles. The van der Waals surface area contributed by atoms with Crippen molar-refractivity contribution in [1.82, 2.24) is 0 Å². The lowest BCUT2D eigenvalue weighted by atomic mass is 10.0. The molecule has 0 saturated heterocycles. The second-order valence-corrected chi connectivity index (χ2v) is 5.59. The summed E-state index contributed by atoms with van der Waals surface area (Å²) in [6.45, 7) is 2.06. The largest absolute Gasteiger partial charge is 0.331 e. The molecule has 0 rings (SSSR count). The van der Waals surface area contributed by atoms with Crippen molar-refractivity contribution in [1.29, 1.82) is 0 Å². The van der Waals surface area contributed by atoms with Crippen molar-refractivity contribution in [3.63, 3.8) is 0 Å². The highest BCUT2D eigenvalue weighted by Crippen LogP contribution is 2.21. The number of nitrogens with zero attached hydrogens (tertiary/aromatic N) is 1. The van der Waals surface area contributed by atoms with Crippen LogP contribution in [0.25, 0.3) is 0 Å². The quantitative estimate of drug-likeness (QED) is 0.197. The van der Waals surface area contributed by atoms with Gasteiger partial charge < -0.3 is 14.2 Å². The summed E-state index contributed by atoms with van der Waals surface area (Å²) in [5, 5.41) is 0. The molecule has 0 amide bonds. The lowest BCUT2D eigenvalue weighted by Gasteiger charge is -2.28. The summed E-state index contributed by atoms with van der Waals surface area (Å²) in [5.41, 5.74) is 0. The molecule has 0 spiro atoms. The molecule has 0 aromatic heterocycles. The van der Waals surface area contributed by atoms with E-state index in [0.29, 0.717) is 0 Å². The number of ether oxygens (including phenoxy) is 3. The zero-order chi connectivity index (χ0) is 16.7. The molecule has 0 saturated carbocycles. The number of rotatable bonds is 15. The van der Waals surface area contributed by atoms with Crippen LogP contribution in [0.15, 0.2) is 4.99 Å². The van der Waals surface area contributed by atoms with Gasteiger partial charge in [0.2, 0.25) is 6.08 Å². The van der Waals surface area contributed by atoms with Crippen LogP contribution in [0.5, 0.6) is 0 Å². The Kier molecular flexibility index (Phi) is 13.4. The van der Waals surface area contributed by atoms with Gasteiger partial charge in [0.05, 0.1) is 6.04 Å². The van der Waals surface area contributed by atoms with Gasteiger partial charge >= 0.3 is 0 Å². The third-order valence-corrected chi connectivity index (χ3v) is 4.16. The number of methoxy groups -OCH3 is 3. The first-order valence-corrected chi connectivity index (χ1v) is 8.40. The van der Waals surface area contributed by atoms with E-state index in [1.54, 1.807) is 27.4 Å². The smallest absolute Gasteiger partial charge is 0.282 e. The van der Waals surface area contributed by atoms with Crippen LogP contribution in [0, 0.1) is 0 Å². The Morgan fingerprint density at radius 2 is 1.41 bits per heavy atom. The molecular weight excluding hydrogens is 282 g/mol. The Morgan fingerprint density at radius 1 is 0.909 bits per heavy atom. The molecule has 130 valence electrons. The Balaban J connectivity index is 3.53. The number of hydrogen-bond donors (Lipinski definition) is 0. The van der Waals surface area contributed by atoms with Crippen molar-refractivity contribution in [2.24, 2.45) is 4.99 Å². The van der Waals surface area contributed by atoms with Gasteiger partial charge in [-0.3, -0.25) is 0 Å². The Labute approximate surface area is 135 Å². The van der Waals surface area contributed by atoms with Crippen LogP contribution in [0.4, 0.5) is 0 Å². The Hall–Kier alpha value is -0.740. The van der Waals surface area contributed by atoms with Crippen LogP contribution in [0.3, 0.4) is 0 Å². The van der Waals surface area contributed by atoms with Crippen molar-refractivity contribution in [3.8, 4) is 0 Å². The molecule has 0 aliphatic carbocycles. The molecule has 0 aliphatic rings. The Morgan fingerprint density at radius 3 is 1.86 bits per heavy atom. The fourth-order valence-electron chi connectivity index (χ4n) is 2.60. The van der Waals surface area contributed by atoms with Crippen molar-refractivity contribution >= 4 is 6.08 Å². The predicted octanol–water partition coefficient (Wildman–Crippen LogP) is 4.20. The molecule has 0 aromatic rings. The maximum Gasteiger partial charge on any atom is 0.282 e. The summed E-state index contributed by atoms with van der Waals surface area (Å²) < 4.78 is 15.8. The minimum Gasteiger partial charge on any atom is -0.331 e. The summed E-state index contributed by atoms with van der Waals surface area (Å²) in [5.74, 6) is -0.881. The van der Waals surface area contributed by atoms with E-state index >= 15 is 0 Å². The molecule has 5 nitrogen and oxygen atoms in total. The molecule has 0 heterocycles. The number of hydrogen-bond acceptors (Lipinski definition) is 5. The molecule has 0 radical (unpaired) electrons. The summed E-state index contributed by atoms with van der Waals surface area (Å²) >= 11 is 0. The van der Waals surface area contributed by atoms with Crippen molar-refractivity contribution < 1.29 is 19.0 Å². The van der Waals surface area contributed by atoms with E-state index in [4.69, 9.17) is 14.2 Å². The third kappa shape index (κ3) is 9.31.